The Hall–Kier alpha value is -0.530. The third-order valence-corrected chi connectivity index (χ3v) is 5.63. The Kier molecular flexibility index (Phi) is 4.61. The van der Waals surface area contributed by atoms with E-state index in [0.717, 1.165) is 69.4 Å². The zero-order chi connectivity index (χ0) is 14.9. The van der Waals surface area contributed by atoms with E-state index in [9.17, 15) is 5.11 Å². The molecule has 0 saturated carbocycles. The summed E-state index contributed by atoms with van der Waals surface area (Å²) in [5, 5.41) is 14.0. The number of piperazine rings is 1. The summed E-state index contributed by atoms with van der Waals surface area (Å²) >= 11 is 1.70. The Labute approximate surface area is 131 Å². The highest BCUT2D eigenvalue weighted by molar-refractivity contribution is 7.09. The Bertz CT molecular complexity index is 462. The molecule has 3 rings (SSSR count). The molecule has 0 unspecified atom stereocenters. The highest BCUT2D eigenvalue weighted by Crippen LogP contribution is 2.33. The van der Waals surface area contributed by atoms with E-state index in [-0.39, 0.29) is 0 Å². The second-order valence-electron chi connectivity index (χ2n) is 6.54. The molecule has 2 aliphatic rings. The van der Waals surface area contributed by atoms with Gasteiger partial charge >= 0.3 is 0 Å². The summed E-state index contributed by atoms with van der Waals surface area (Å²) in [6, 6.07) is 0. The summed E-state index contributed by atoms with van der Waals surface area (Å²) in [6.45, 7) is 7.31. The van der Waals surface area contributed by atoms with E-state index in [4.69, 9.17) is 4.98 Å². The predicted octanol–water partition coefficient (Wildman–Crippen LogP) is 0.804. The number of rotatable bonds is 3. The summed E-state index contributed by atoms with van der Waals surface area (Å²) in [5.41, 5.74) is 0.188. The smallest absolute Gasteiger partial charge is 0.110 e. The van der Waals surface area contributed by atoms with Crippen LogP contribution in [0.15, 0.2) is 5.38 Å². The molecular weight excluding hydrogens is 284 g/mol. The van der Waals surface area contributed by atoms with E-state index in [2.05, 4.69) is 34.2 Å². The molecule has 0 atom stereocenters. The van der Waals surface area contributed by atoms with E-state index >= 15 is 0 Å². The molecule has 0 radical (unpaired) electrons. The van der Waals surface area contributed by atoms with Gasteiger partial charge in [0.15, 0.2) is 0 Å². The van der Waals surface area contributed by atoms with Gasteiger partial charge in [0, 0.05) is 44.6 Å². The minimum absolute atomic E-state index is 0.705. The van der Waals surface area contributed by atoms with Crippen molar-refractivity contribution in [2.24, 2.45) is 0 Å². The molecular formula is C15H26N4OS. The number of likely N-dealkylation sites (N-methyl/N-ethyl adjacent to an activating group) is 1. The first-order valence-corrected chi connectivity index (χ1v) is 8.70. The fourth-order valence-corrected chi connectivity index (χ4v) is 3.97. The van der Waals surface area contributed by atoms with Crippen LogP contribution in [0.3, 0.4) is 0 Å². The van der Waals surface area contributed by atoms with E-state index < -0.39 is 5.60 Å². The third-order valence-electron chi connectivity index (χ3n) is 4.80. The van der Waals surface area contributed by atoms with Crippen molar-refractivity contribution in [2.45, 2.75) is 25.0 Å². The number of piperidine rings is 1. The van der Waals surface area contributed by atoms with Crippen molar-refractivity contribution in [3.05, 3.63) is 16.1 Å². The number of aliphatic hydroxyl groups is 1. The minimum Gasteiger partial charge on any atom is -0.383 e. The number of nitrogens with zero attached hydrogens (tertiary/aromatic N) is 4. The Morgan fingerprint density at radius 1 is 1.10 bits per heavy atom. The standard InChI is InChI=1S/C15H26N4OS/c1-17-5-3-15(20,4-6-17)13-12-21-14(16-13)11-19-9-7-18(2)8-10-19/h12,20H,3-11H2,1-2H3. The van der Waals surface area contributed by atoms with Gasteiger partial charge in [-0.3, -0.25) is 4.90 Å². The van der Waals surface area contributed by atoms with Crippen LogP contribution in [0, 0.1) is 0 Å². The summed E-state index contributed by atoms with van der Waals surface area (Å²) in [5.74, 6) is 0. The van der Waals surface area contributed by atoms with E-state index in [1.165, 1.54) is 0 Å². The van der Waals surface area contributed by atoms with Gasteiger partial charge in [-0.2, -0.15) is 0 Å². The lowest BCUT2D eigenvalue weighted by atomic mass is 9.89. The molecule has 1 aromatic rings. The lowest BCUT2D eigenvalue weighted by Gasteiger charge is -2.35. The van der Waals surface area contributed by atoms with Gasteiger partial charge < -0.3 is 14.9 Å². The number of hydrogen-bond acceptors (Lipinski definition) is 6. The maximum absolute atomic E-state index is 10.8. The van der Waals surface area contributed by atoms with Crippen LogP contribution in [0.4, 0.5) is 0 Å². The number of hydrogen-bond donors (Lipinski definition) is 1. The van der Waals surface area contributed by atoms with Crippen molar-refractivity contribution in [2.75, 3.05) is 53.4 Å². The van der Waals surface area contributed by atoms with E-state index in [0.29, 0.717) is 0 Å². The fraction of sp³-hybridized carbons (Fsp3) is 0.800. The van der Waals surface area contributed by atoms with Crippen LogP contribution in [0.1, 0.15) is 23.5 Å². The van der Waals surface area contributed by atoms with Gasteiger partial charge in [0.25, 0.3) is 0 Å². The quantitative estimate of drug-likeness (QED) is 0.895. The molecule has 2 fully saturated rings. The van der Waals surface area contributed by atoms with E-state index in [1.54, 1.807) is 11.3 Å². The summed E-state index contributed by atoms with van der Waals surface area (Å²) in [7, 11) is 4.29. The van der Waals surface area contributed by atoms with Gasteiger partial charge in [0.1, 0.15) is 10.6 Å². The van der Waals surface area contributed by atoms with Crippen molar-refractivity contribution in [3.8, 4) is 0 Å². The van der Waals surface area contributed by atoms with Gasteiger partial charge in [-0.25, -0.2) is 4.98 Å². The van der Waals surface area contributed by atoms with Crippen LogP contribution in [-0.4, -0.2) is 78.2 Å². The zero-order valence-corrected chi connectivity index (χ0v) is 13.9. The Morgan fingerprint density at radius 3 is 2.38 bits per heavy atom. The highest BCUT2D eigenvalue weighted by atomic mass is 32.1. The van der Waals surface area contributed by atoms with Crippen LogP contribution in [-0.2, 0) is 12.1 Å². The lowest BCUT2D eigenvalue weighted by molar-refractivity contribution is -0.0235. The molecule has 1 N–H and O–H groups in total. The van der Waals surface area contributed by atoms with Crippen molar-refractivity contribution in [1.29, 1.82) is 0 Å². The molecule has 0 aliphatic carbocycles. The van der Waals surface area contributed by atoms with Crippen molar-refractivity contribution in [3.63, 3.8) is 0 Å². The van der Waals surface area contributed by atoms with Gasteiger partial charge in [-0.1, -0.05) is 0 Å². The maximum atomic E-state index is 10.8. The summed E-state index contributed by atoms with van der Waals surface area (Å²) < 4.78 is 0. The summed E-state index contributed by atoms with van der Waals surface area (Å²) in [4.78, 5) is 11.8. The molecule has 2 aliphatic heterocycles. The number of aromatic nitrogens is 1. The second-order valence-corrected chi connectivity index (χ2v) is 7.48. The molecule has 0 amide bonds. The van der Waals surface area contributed by atoms with Gasteiger partial charge in [0.2, 0.25) is 0 Å². The molecule has 1 aromatic heterocycles. The largest absolute Gasteiger partial charge is 0.383 e. The van der Waals surface area contributed by atoms with Crippen LogP contribution in [0.5, 0.6) is 0 Å². The Morgan fingerprint density at radius 2 is 1.71 bits per heavy atom. The zero-order valence-electron chi connectivity index (χ0n) is 13.1. The average Bonchev–Trinajstić information content (AvgIpc) is 2.94. The fourth-order valence-electron chi connectivity index (χ4n) is 3.04. The van der Waals surface area contributed by atoms with E-state index in [1.807, 2.05) is 0 Å². The number of thiazole rings is 1. The van der Waals surface area contributed by atoms with Crippen molar-refractivity contribution in [1.82, 2.24) is 19.7 Å². The molecule has 118 valence electrons. The molecule has 5 nitrogen and oxygen atoms in total. The van der Waals surface area contributed by atoms with Crippen molar-refractivity contribution < 1.29 is 5.11 Å². The van der Waals surface area contributed by atoms with Crippen molar-refractivity contribution >= 4 is 11.3 Å². The van der Waals surface area contributed by atoms with Crippen LogP contribution >= 0.6 is 11.3 Å². The second kappa shape index (κ2) is 6.30. The first kappa shape index (κ1) is 15.4. The van der Waals surface area contributed by atoms with Gasteiger partial charge in [-0.15, -0.1) is 11.3 Å². The lowest BCUT2D eigenvalue weighted by Crippen LogP contribution is -2.44. The maximum Gasteiger partial charge on any atom is 0.110 e. The number of likely N-dealkylation sites (tertiary alicyclic amines) is 1. The first-order valence-electron chi connectivity index (χ1n) is 7.82. The highest BCUT2D eigenvalue weighted by Gasteiger charge is 2.35. The van der Waals surface area contributed by atoms with Crippen LogP contribution < -0.4 is 0 Å². The normalized spacial score (nSPS) is 25.3. The molecule has 0 bridgehead atoms. The molecule has 6 heteroatoms. The molecule has 3 heterocycles. The summed E-state index contributed by atoms with van der Waals surface area (Å²) in [6.07, 6.45) is 1.59. The van der Waals surface area contributed by atoms with Gasteiger partial charge in [-0.05, 0) is 26.9 Å². The molecule has 21 heavy (non-hydrogen) atoms. The molecule has 0 aromatic carbocycles. The molecule has 2 saturated heterocycles. The van der Waals surface area contributed by atoms with Gasteiger partial charge in [0.05, 0.1) is 12.2 Å². The Balaban J connectivity index is 1.61. The predicted molar refractivity (Wildman–Crippen MR) is 85.5 cm³/mol. The monoisotopic (exact) mass is 310 g/mol. The first-order chi connectivity index (χ1) is 10.0. The topological polar surface area (TPSA) is 42.8 Å². The van der Waals surface area contributed by atoms with Crippen LogP contribution in [0.2, 0.25) is 0 Å². The molecule has 0 spiro atoms. The average molecular weight is 310 g/mol. The third kappa shape index (κ3) is 3.63. The SMILES string of the molecule is CN1CCN(Cc2nc(C3(O)CCN(C)CC3)cs2)CC1. The minimum atomic E-state index is -0.705. The van der Waals surface area contributed by atoms with Crippen LogP contribution in [0.25, 0.3) is 0 Å².